The van der Waals surface area contributed by atoms with Crippen LogP contribution in [0.25, 0.3) is 0 Å². The van der Waals surface area contributed by atoms with Crippen molar-refractivity contribution in [2.24, 2.45) is 5.92 Å². The first kappa shape index (κ1) is 13.8. The standard InChI is InChI=1S/C16H21N5/c1-10-4-7-14(11(2)8-10)20-16-19-12(3)18-15(21-16)17-9-13-5-6-13/h4,7-8,13H,5-6,9H2,1-3H3,(H2,17,18,19,20,21). The SMILES string of the molecule is Cc1ccc(Nc2nc(C)nc(NCC3CC3)n2)c(C)c1. The van der Waals surface area contributed by atoms with Crippen molar-refractivity contribution in [3.05, 3.63) is 35.2 Å². The van der Waals surface area contributed by atoms with Gasteiger partial charge in [-0.05, 0) is 51.2 Å². The number of nitrogens with zero attached hydrogens (tertiary/aromatic N) is 3. The summed E-state index contributed by atoms with van der Waals surface area (Å²) in [7, 11) is 0. The van der Waals surface area contributed by atoms with Gasteiger partial charge in [-0.1, -0.05) is 17.7 Å². The van der Waals surface area contributed by atoms with Gasteiger partial charge in [0.25, 0.3) is 0 Å². The quantitative estimate of drug-likeness (QED) is 0.881. The van der Waals surface area contributed by atoms with E-state index in [1.165, 1.54) is 24.0 Å². The second-order valence-electron chi connectivity index (χ2n) is 5.80. The number of anilines is 3. The molecule has 2 N–H and O–H groups in total. The number of nitrogens with one attached hydrogen (secondary N) is 2. The molecule has 1 saturated carbocycles. The third kappa shape index (κ3) is 3.68. The Morgan fingerprint density at radius 1 is 1.05 bits per heavy atom. The summed E-state index contributed by atoms with van der Waals surface area (Å²) < 4.78 is 0. The minimum absolute atomic E-state index is 0.591. The molecular weight excluding hydrogens is 262 g/mol. The number of hydrogen-bond acceptors (Lipinski definition) is 5. The molecule has 5 heteroatoms. The van der Waals surface area contributed by atoms with Gasteiger partial charge < -0.3 is 10.6 Å². The van der Waals surface area contributed by atoms with Crippen LogP contribution in [0, 0.1) is 26.7 Å². The highest BCUT2D eigenvalue weighted by Gasteiger charge is 2.21. The molecule has 3 rings (SSSR count). The average molecular weight is 283 g/mol. The highest BCUT2D eigenvalue weighted by atomic mass is 15.2. The lowest BCUT2D eigenvalue weighted by molar-refractivity contribution is 0.862. The van der Waals surface area contributed by atoms with Crippen molar-refractivity contribution < 1.29 is 0 Å². The maximum atomic E-state index is 4.45. The van der Waals surface area contributed by atoms with Crippen molar-refractivity contribution in [1.82, 2.24) is 15.0 Å². The Hall–Kier alpha value is -2.17. The largest absolute Gasteiger partial charge is 0.354 e. The number of aromatic nitrogens is 3. The number of rotatable bonds is 5. The van der Waals surface area contributed by atoms with Gasteiger partial charge in [0.2, 0.25) is 11.9 Å². The van der Waals surface area contributed by atoms with E-state index in [4.69, 9.17) is 0 Å². The number of benzene rings is 1. The maximum absolute atomic E-state index is 4.45. The van der Waals surface area contributed by atoms with Crippen molar-refractivity contribution in [2.75, 3.05) is 17.2 Å². The molecule has 2 aromatic rings. The fraction of sp³-hybridized carbons (Fsp3) is 0.438. The van der Waals surface area contributed by atoms with Crippen molar-refractivity contribution in [3.63, 3.8) is 0 Å². The zero-order valence-electron chi connectivity index (χ0n) is 12.8. The second kappa shape index (κ2) is 5.68. The maximum Gasteiger partial charge on any atom is 0.232 e. The van der Waals surface area contributed by atoms with E-state index in [2.05, 4.69) is 57.6 Å². The minimum atomic E-state index is 0.591. The van der Waals surface area contributed by atoms with E-state index in [0.717, 1.165) is 24.0 Å². The van der Waals surface area contributed by atoms with Crippen LogP contribution in [0.1, 0.15) is 29.8 Å². The molecule has 1 aliphatic carbocycles. The summed E-state index contributed by atoms with van der Waals surface area (Å²) in [5.74, 6) is 2.75. The first-order valence-corrected chi connectivity index (χ1v) is 7.41. The van der Waals surface area contributed by atoms with Crippen molar-refractivity contribution in [2.45, 2.75) is 33.6 Å². The molecule has 0 atom stereocenters. The Labute approximate surface area is 125 Å². The van der Waals surface area contributed by atoms with Crippen molar-refractivity contribution in [1.29, 1.82) is 0 Å². The topological polar surface area (TPSA) is 62.7 Å². The summed E-state index contributed by atoms with van der Waals surface area (Å²) in [6.07, 6.45) is 2.62. The summed E-state index contributed by atoms with van der Waals surface area (Å²) in [6.45, 7) is 7.00. The summed E-state index contributed by atoms with van der Waals surface area (Å²) in [5.41, 5.74) is 3.46. The van der Waals surface area contributed by atoms with Crippen LogP contribution in [0.2, 0.25) is 0 Å². The molecule has 5 nitrogen and oxygen atoms in total. The van der Waals surface area contributed by atoms with E-state index >= 15 is 0 Å². The van der Waals surface area contributed by atoms with Gasteiger partial charge in [0.1, 0.15) is 5.82 Å². The molecular formula is C16H21N5. The fourth-order valence-corrected chi connectivity index (χ4v) is 2.25. The Morgan fingerprint density at radius 3 is 2.52 bits per heavy atom. The van der Waals surface area contributed by atoms with Gasteiger partial charge in [-0.15, -0.1) is 0 Å². The summed E-state index contributed by atoms with van der Waals surface area (Å²) in [6, 6.07) is 6.28. The molecule has 1 aromatic heterocycles. The lowest BCUT2D eigenvalue weighted by Crippen LogP contribution is -2.10. The van der Waals surface area contributed by atoms with Gasteiger partial charge in [-0.3, -0.25) is 0 Å². The van der Waals surface area contributed by atoms with E-state index in [-0.39, 0.29) is 0 Å². The van der Waals surface area contributed by atoms with Crippen LogP contribution in [0.3, 0.4) is 0 Å². The number of hydrogen-bond donors (Lipinski definition) is 2. The zero-order valence-corrected chi connectivity index (χ0v) is 12.8. The van der Waals surface area contributed by atoms with Crippen LogP contribution in [-0.2, 0) is 0 Å². The molecule has 1 heterocycles. The van der Waals surface area contributed by atoms with Crippen molar-refractivity contribution in [3.8, 4) is 0 Å². The van der Waals surface area contributed by atoms with Crippen LogP contribution in [-0.4, -0.2) is 21.5 Å². The third-order valence-corrected chi connectivity index (χ3v) is 3.62. The van der Waals surface area contributed by atoms with Gasteiger partial charge in [-0.2, -0.15) is 15.0 Å². The van der Waals surface area contributed by atoms with Gasteiger partial charge in [0.15, 0.2) is 0 Å². The predicted octanol–water partition coefficient (Wildman–Crippen LogP) is 3.36. The molecule has 0 spiro atoms. The molecule has 1 aliphatic rings. The normalized spacial score (nSPS) is 14.0. The van der Waals surface area contributed by atoms with E-state index in [0.29, 0.717) is 11.9 Å². The van der Waals surface area contributed by atoms with Gasteiger partial charge in [0.05, 0.1) is 0 Å². The Kier molecular flexibility index (Phi) is 3.73. The molecule has 0 bridgehead atoms. The van der Waals surface area contributed by atoms with Gasteiger partial charge in [0, 0.05) is 12.2 Å². The molecule has 0 aliphatic heterocycles. The fourth-order valence-electron chi connectivity index (χ4n) is 2.25. The van der Waals surface area contributed by atoms with E-state index < -0.39 is 0 Å². The first-order valence-electron chi connectivity index (χ1n) is 7.41. The summed E-state index contributed by atoms with van der Waals surface area (Å²) in [4.78, 5) is 13.1. The predicted molar refractivity (Wildman–Crippen MR) is 85.0 cm³/mol. The highest BCUT2D eigenvalue weighted by molar-refractivity contribution is 5.59. The summed E-state index contributed by atoms with van der Waals surface area (Å²) >= 11 is 0. The summed E-state index contributed by atoms with van der Waals surface area (Å²) in [5, 5.41) is 6.58. The second-order valence-corrected chi connectivity index (χ2v) is 5.80. The molecule has 110 valence electrons. The van der Waals surface area contributed by atoms with E-state index in [1.54, 1.807) is 0 Å². The van der Waals surface area contributed by atoms with E-state index in [1.807, 2.05) is 6.92 Å². The molecule has 21 heavy (non-hydrogen) atoms. The van der Waals surface area contributed by atoms with Crippen LogP contribution >= 0.6 is 0 Å². The Bertz CT molecular complexity index is 649. The number of aryl methyl sites for hydroxylation is 3. The van der Waals surface area contributed by atoms with Gasteiger partial charge >= 0.3 is 0 Å². The average Bonchev–Trinajstić information content (AvgIpc) is 3.23. The van der Waals surface area contributed by atoms with Gasteiger partial charge in [-0.25, -0.2) is 0 Å². The zero-order chi connectivity index (χ0) is 14.8. The van der Waals surface area contributed by atoms with Crippen LogP contribution in [0.5, 0.6) is 0 Å². The first-order chi connectivity index (χ1) is 10.1. The smallest absolute Gasteiger partial charge is 0.232 e. The molecule has 0 amide bonds. The Balaban J connectivity index is 1.77. The van der Waals surface area contributed by atoms with Crippen molar-refractivity contribution >= 4 is 17.6 Å². The molecule has 0 unspecified atom stereocenters. The molecule has 0 radical (unpaired) electrons. The van der Waals surface area contributed by atoms with Crippen LogP contribution in [0.4, 0.5) is 17.6 Å². The lowest BCUT2D eigenvalue weighted by Gasteiger charge is -2.11. The van der Waals surface area contributed by atoms with E-state index in [9.17, 15) is 0 Å². The lowest BCUT2D eigenvalue weighted by atomic mass is 10.1. The molecule has 1 fully saturated rings. The third-order valence-electron chi connectivity index (χ3n) is 3.62. The Morgan fingerprint density at radius 2 is 1.81 bits per heavy atom. The van der Waals surface area contributed by atoms with Crippen LogP contribution in [0.15, 0.2) is 18.2 Å². The van der Waals surface area contributed by atoms with Crippen LogP contribution < -0.4 is 10.6 Å². The minimum Gasteiger partial charge on any atom is -0.354 e. The monoisotopic (exact) mass is 283 g/mol. The molecule has 1 aromatic carbocycles. The molecule has 0 saturated heterocycles. The highest BCUT2D eigenvalue weighted by Crippen LogP contribution is 2.28.